The summed E-state index contributed by atoms with van der Waals surface area (Å²) >= 11 is 0. The molecule has 3 heteroatoms. The maximum absolute atomic E-state index is 13.7. The summed E-state index contributed by atoms with van der Waals surface area (Å²) in [5.41, 5.74) is 1.43. The molecule has 1 aromatic heterocycles. The summed E-state index contributed by atoms with van der Waals surface area (Å²) in [6.45, 7) is 0. The molecule has 0 aliphatic heterocycles. The summed E-state index contributed by atoms with van der Waals surface area (Å²) in [7, 11) is 0. The van der Waals surface area contributed by atoms with Crippen LogP contribution < -0.4 is 0 Å². The van der Waals surface area contributed by atoms with E-state index in [1.54, 1.807) is 30.5 Å². The Bertz CT molecular complexity index is 705. The lowest BCUT2D eigenvalue weighted by Crippen LogP contribution is -1.88. The lowest BCUT2D eigenvalue weighted by Gasteiger charge is -2.06. The first kappa shape index (κ1) is 10.8. The van der Waals surface area contributed by atoms with Gasteiger partial charge in [0.2, 0.25) is 0 Å². The molecule has 0 saturated heterocycles. The van der Waals surface area contributed by atoms with Gasteiger partial charge in [-0.15, -0.1) is 0 Å². The molecule has 0 spiro atoms. The van der Waals surface area contributed by atoms with Crippen molar-refractivity contribution in [3.8, 4) is 11.3 Å². The molecule has 0 aliphatic rings. The number of halogens is 2. The number of fused-ring (bicyclic) bond motifs is 1. The number of nitrogens with zero attached hydrogens (tertiary/aromatic N) is 1. The van der Waals surface area contributed by atoms with Crippen LogP contribution in [0.25, 0.3) is 22.0 Å². The van der Waals surface area contributed by atoms with Crippen molar-refractivity contribution in [3.05, 3.63) is 66.4 Å². The van der Waals surface area contributed by atoms with Gasteiger partial charge in [-0.2, -0.15) is 0 Å². The number of hydrogen-bond acceptors (Lipinski definition) is 1. The van der Waals surface area contributed by atoms with Crippen molar-refractivity contribution in [2.45, 2.75) is 0 Å². The van der Waals surface area contributed by atoms with E-state index in [0.717, 1.165) is 10.9 Å². The van der Waals surface area contributed by atoms with Crippen molar-refractivity contribution in [2.75, 3.05) is 0 Å². The van der Waals surface area contributed by atoms with E-state index in [1.807, 2.05) is 6.07 Å². The first-order valence-electron chi connectivity index (χ1n) is 5.55. The van der Waals surface area contributed by atoms with Crippen LogP contribution in [0.3, 0.4) is 0 Å². The summed E-state index contributed by atoms with van der Waals surface area (Å²) in [4.78, 5) is 4.26. The molecule has 0 amide bonds. The monoisotopic (exact) mass is 241 g/mol. The van der Waals surface area contributed by atoms with Gasteiger partial charge in [0.25, 0.3) is 0 Å². The molecule has 0 unspecified atom stereocenters. The van der Waals surface area contributed by atoms with E-state index in [2.05, 4.69) is 4.98 Å². The zero-order valence-corrected chi connectivity index (χ0v) is 9.40. The smallest absolute Gasteiger partial charge is 0.131 e. The number of aromatic nitrogens is 1. The maximum Gasteiger partial charge on any atom is 0.131 e. The summed E-state index contributed by atoms with van der Waals surface area (Å²) in [5, 5.41) is 1.25. The van der Waals surface area contributed by atoms with Crippen LogP contribution in [-0.4, -0.2) is 4.98 Å². The van der Waals surface area contributed by atoms with Crippen molar-refractivity contribution in [1.82, 2.24) is 4.98 Å². The minimum Gasteiger partial charge on any atom is -0.256 e. The number of benzene rings is 2. The molecule has 1 nitrogen and oxygen atoms in total. The number of hydrogen-bond donors (Lipinski definition) is 0. The van der Waals surface area contributed by atoms with Gasteiger partial charge in [0.05, 0.1) is 5.69 Å². The van der Waals surface area contributed by atoms with Gasteiger partial charge in [-0.25, -0.2) is 8.78 Å². The van der Waals surface area contributed by atoms with Crippen molar-refractivity contribution in [1.29, 1.82) is 0 Å². The Kier molecular flexibility index (Phi) is 2.52. The van der Waals surface area contributed by atoms with Crippen LogP contribution in [0, 0.1) is 11.6 Å². The van der Waals surface area contributed by atoms with Crippen LogP contribution in [-0.2, 0) is 0 Å². The summed E-state index contributed by atoms with van der Waals surface area (Å²) in [5.74, 6) is -0.580. The predicted octanol–water partition coefficient (Wildman–Crippen LogP) is 4.18. The van der Waals surface area contributed by atoms with Crippen molar-refractivity contribution < 1.29 is 8.78 Å². The third-order valence-corrected chi connectivity index (χ3v) is 2.87. The highest BCUT2D eigenvalue weighted by molar-refractivity contribution is 5.94. The summed E-state index contributed by atoms with van der Waals surface area (Å²) in [6.07, 6.45) is 1.56. The van der Waals surface area contributed by atoms with E-state index in [0.29, 0.717) is 11.1 Å². The average molecular weight is 241 g/mol. The molecule has 3 aromatic rings. The molecule has 88 valence electrons. The second-order valence-corrected chi connectivity index (χ2v) is 4.00. The normalized spacial score (nSPS) is 10.8. The molecule has 0 radical (unpaired) electrons. The van der Waals surface area contributed by atoms with Crippen molar-refractivity contribution in [2.24, 2.45) is 0 Å². The average Bonchev–Trinajstić information content (AvgIpc) is 2.40. The van der Waals surface area contributed by atoms with Crippen LogP contribution in [0.1, 0.15) is 0 Å². The fourth-order valence-electron chi connectivity index (χ4n) is 2.01. The summed E-state index contributed by atoms with van der Waals surface area (Å²) < 4.78 is 26.6. The van der Waals surface area contributed by atoms with E-state index in [4.69, 9.17) is 0 Å². The molecule has 3 rings (SSSR count). The molecule has 0 aliphatic carbocycles. The Morgan fingerprint density at radius 1 is 0.778 bits per heavy atom. The third-order valence-electron chi connectivity index (χ3n) is 2.87. The predicted molar refractivity (Wildman–Crippen MR) is 67.1 cm³/mol. The molecule has 0 N–H and O–H groups in total. The molecule has 1 heterocycles. The first-order chi connectivity index (χ1) is 8.75. The summed E-state index contributed by atoms with van der Waals surface area (Å²) in [6, 6.07) is 12.5. The van der Waals surface area contributed by atoms with Gasteiger partial charge in [0.15, 0.2) is 0 Å². The fraction of sp³-hybridized carbons (Fsp3) is 0. The van der Waals surface area contributed by atoms with Gasteiger partial charge in [0, 0.05) is 22.5 Å². The lowest BCUT2D eigenvalue weighted by atomic mass is 10.0. The fourth-order valence-corrected chi connectivity index (χ4v) is 2.01. The topological polar surface area (TPSA) is 12.9 Å². The molecule has 0 saturated carbocycles. The molecular formula is C15H9F2N. The lowest BCUT2D eigenvalue weighted by molar-refractivity contribution is 0.628. The highest BCUT2D eigenvalue weighted by Gasteiger charge is 2.07. The van der Waals surface area contributed by atoms with Gasteiger partial charge >= 0.3 is 0 Å². The zero-order chi connectivity index (χ0) is 12.5. The van der Waals surface area contributed by atoms with Gasteiger partial charge in [-0.3, -0.25) is 4.98 Å². The molecule has 0 bridgehead atoms. The van der Waals surface area contributed by atoms with Crippen LogP contribution in [0.2, 0.25) is 0 Å². The van der Waals surface area contributed by atoms with E-state index in [9.17, 15) is 8.78 Å². The SMILES string of the molecule is Fc1ccc(-c2nccc3c(F)cccc23)cc1. The minimum absolute atomic E-state index is 0.279. The van der Waals surface area contributed by atoms with E-state index in [1.165, 1.54) is 18.2 Å². The van der Waals surface area contributed by atoms with Gasteiger partial charge in [0.1, 0.15) is 11.6 Å². The van der Waals surface area contributed by atoms with Crippen LogP contribution in [0.5, 0.6) is 0 Å². The van der Waals surface area contributed by atoms with E-state index < -0.39 is 0 Å². The Hall–Kier alpha value is -2.29. The van der Waals surface area contributed by atoms with E-state index in [-0.39, 0.29) is 11.6 Å². The maximum atomic E-state index is 13.7. The van der Waals surface area contributed by atoms with Gasteiger partial charge in [-0.05, 0) is 36.4 Å². The van der Waals surface area contributed by atoms with Gasteiger partial charge in [-0.1, -0.05) is 12.1 Å². The number of pyridine rings is 1. The number of rotatable bonds is 1. The second-order valence-electron chi connectivity index (χ2n) is 4.00. The van der Waals surface area contributed by atoms with Crippen LogP contribution >= 0.6 is 0 Å². The van der Waals surface area contributed by atoms with Crippen LogP contribution in [0.15, 0.2) is 54.7 Å². The largest absolute Gasteiger partial charge is 0.256 e. The third kappa shape index (κ3) is 1.74. The van der Waals surface area contributed by atoms with Gasteiger partial charge < -0.3 is 0 Å². The minimum atomic E-state index is -0.301. The van der Waals surface area contributed by atoms with Crippen LogP contribution in [0.4, 0.5) is 8.78 Å². The first-order valence-corrected chi connectivity index (χ1v) is 5.55. The molecule has 0 fully saturated rings. The standard InChI is InChI=1S/C15H9F2N/c16-11-6-4-10(5-7-11)15-13-2-1-3-14(17)12(13)8-9-18-15/h1-9H. The molecule has 0 atom stereocenters. The molecular weight excluding hydrogens is 232 g/mol. The highest BCUT2D eigenvalue weighted by Crippen LogP contribution is 2.27. The van der Waals surface area contributed by atoms with E-state index >= 15 is 0 Å². The highest BCUT2D eigenvalue weighted by atomic mass is 19.1. The molecule has 2 aromatic carbocycles. The molecule has 18 heavy (non-hydrogen) atoms. The Labute approximate surface area is 103 Å². The van der Waals surface area contributed by atoms with Crippen molar-refractivity contribution >= 4 is 10.8 Å². The zero-order valence-electron chi connectivity index (χ0n) is 9.40. The van der Waals surface area contributed by atoms with Crippen molar-refractivity contribution in [3.63, 3.8) is 0 Å². The second kappa shape index (κ2) is 4.18. The Morgan fingerprint density at radius 3 is 2.33 bits per heavy atom. The quantitative estimate of drug-likeness (QED) is 0.622. The Morgan fingerprint density at radius 2 is 1.56 bits per heavy atom. The Balaban J connectivity index is 2.29.